The second-order valence-electron chi connectivity index (χ2n) is 8.41. The van der Waals surface area contributed by atoms with Gasteiger partial charge in [-0.2, -0.15) is 10.2 Å². The highest BCUT2D eigenvalue weighted by atomic mass is 127. The predicted molar refractivity (Wildman–Crippen MR) is 171 cm³/mol. The monoisotopic (exact) mass is 726 g/mol. The molecule has 0 spiro atoms. The lowest BCUT2D eigenvalue weighted by Crippen LogP contribution is -2.05. The minimum Gasteiger partial charge on any atom is -0.278 e. The lowest BCUT2D eigenvalue weighted by molar-refractivity contribution is 1.25. The van der Waals surface area contributed by atoms with Gasteiger partial charge in [-0.05, 0) is 93.7 Å². The fraction of sp³-hybridized carbons (Fsp3) is 0. The third-order valence-electron chi connectivity index (χ3n) is 6.21. The van der Waals surface area contributed by atoms with Crippen LogP contribution in [0.25, 0.3) is 41.7 Å². The molecule has 8 heteroatoms. The molecule has 0 saturated carbocycles. The van der Waals surface area contributed by atoms with Crippen molar-refractivity contribution in [3.05, 3.63) is 101 Å². The number of anilines is 2. The molecule has 0 fully saturated rings. The molecule has 0 atom stereocenters. The third-order valence-corrected chi connectivity index (χ3v) is 10.1. The van der Waals surface area contributed by atoms with Crippen molar-refractivity contribution in [2.24, 2.45) is 10.2 Å². The molecule has 2 aromatic heterocycles. The smallest absolute Gasteiger partial charge is 0.0999 e. The van der Waals surface area contributed by atoms with E-state index in [9.17, 15) is 0 Å². The number of benzene rings is 3. The van der Waals surface area contributed by atoms with Gasteiger partial charge in [0, 0.05) is 41.7 Å². The minimum atomic E-state index is 0.975. The molecule has 0 aliphatic rings. The van der Waals surface area contributed by atoms with Gasteiger partial charge in [0.1, 0.15) is 0 Å². The van der Waals surface area contributed by atoms with E-state index in [-0.39, 0.29) is 0 Å². The standard InChI is InChI=1S/C28H16I2N4S2/c29-23-13-21-25(33-31-15-7-3-1-4-8-15)17-11-20-18(12-19(17)27(21)35-23)26(22-14-24(30)36-28(20)22)34-32-16-9-5-2-6-10-16/h1-14,31-32H. The molecule has 0 aliphatic heterocycles. The summed E-state index contributed by atoms with van der Waals surface area (Å²) in [7, 11) is 0. The van der Waals surface area contributed by atoms with Crippen molar-refractivity contribution in [3.8, 4) is 0 Å². The molecule has 2 N–H and O–H groups in total. The fourth-order valence-electron chi connectivity index (χ4n) is 4.64. The molecule has 0 saturated heterocycles. The van der Waals surface area contributed by atoms with Gasteiger partial charge in [-0.25, -0.2) is 0 Å². The Bertz CT molecular complexity index is 1870. The van der Waals surface area contributed by atoms with Crippen molar-refractivity contribution in [3.63, 3.8) is 0 Å². The van der Waals surface area contributed by atoms with Crippen LogP contribution >= 0.6 is 67.9 Å². The van der Waals surface area contributed by atoms with Crippen LogP contribution in [0.3, 0.4) is 0 Å². The van der Waals surface area contributed by atoms with E-state index in [4.69, 9.17) is 10.2 Å². The van der Waals surface area contributed by atoms with Crippen LogP contribution in [0, 0.1) is 5.77 Å². The largest absolute Gasteiger partial charge is 0.278 e. The molecule has 174 valence electrons. The number of hydrogen-bond donors (Lipinski definition) is 2. The van der Waals surface area contributed by atoms with Crippen molar-refractivity contribution in [1.82, 2.24) is 0 Å². The average molecular weight is 726 g/mol. The Labute approximate surface area is 241 Å². The molecule has 0 bridgehead atoms. The number of halogens is 2. The van der Waals surface area contributed by atoms with Crippen LogP contribution in [0.2, 0.25) is 0 Å². The number of rotatable bonds is 4. The van der Waals surface area contributed by atoms with Crippen molar-refractivity contribution < 1.29 is 0 Å². The van der Waals surface area contributed by atoms with E-state index in [1.807, 2.05) is 83.3 Å². The molecular formula is C28H16I2N4S2. The van der Waals surface area contributed by atoms with Crippen molar-refractivity contribution in [1.29, 1.82) is 0 Å². The highest BCUT2D eigenvalue weighted by Crippen LogP contribution is 2.38. The Morgan fingerprint density at radius 1 is 0.500 bits per heavy atom. The molecule has 5 aromatic carbocycles. The van der Waals surface area contributed by atoms with Crippen LogP contribution in [0.1, 0.15) is 0 Å². The topological polar surface area (TPSA) is 48.8 Å². The summed E-state index contributed by atoms with van der Waals surface area (Å²) >= 11 is 8.44. The zero-order chi connectivity index (χ0) is 24.2. The Morgan fingerprint density at radius 2 is 0.917 bits per heavy atom. The maximum Gasteiger partial charge on any atom is 0.0999 e. The Morgan fingerprint density at radius 3 is 1.33 bits per heavy atom. The van der Waals surface area contributed by atoms with E-state index < -0.39 is 0 Å². The molecule has 0 aliphatic carbocycles. The quantitative estimate of drug-likeness (QED) is 0.142. The van der Waals surface area contributed by atoms with Crippen molar-refractivity contribution in [2.75, 3.05) is 10.9 Å². The first-order valence-corrected chi connectivity index (χ1v) is 15.0. The van der Waals surface area contributed by atoms with Gasteiger partial charge >= 0.3 is 0 Å². The summed E-state index contributed by atoms with van der Waals surface area (Å²) in [6.45, 7) is 0. The van der Waals surface area contributed by atoms with Gasteiger partial charge < -0.3 is 0 Å². The Hall–Kier alpha value is -2.54. The zero-order valence-corrected chi connectivity index (χ0v) is 24.5. The molecule has 2 heterocycles. The summed E-state index contributed by atoms with van der Waals surface area (Å²) < 4.78 is 5.05. The molecule has 7 aromatic rings. The number of nitrogens with one attached hydrogen (secondary N) is 2. The first-order chi connectivity index (χ1) is 17.7. The third kappa shape index (κ3) is 3.82. The fourth-order valence-corrected chi connectivity index (χ4v) is 8.41. The lowest BCUT2D eigenvalue weighted by Gasteiger charge is -2.00. The van der Waals surface area contributed by atoms with Crippen LogP contribution in [-0.2, 0) is 0 Å². The first kappa shape index (κ1) is 22.6. The first-order valence-electron chi connectivity index (χ1n) is 11.2. The van der Waals surface area contributed by atoms with Crippen molar-refractivity contribution in [2.45, 2.75) is 0 Å². The molecule has 0 unspecified atom stereocenters. The molecule has 7 rings (SSSR count). The van der Waals surface area contributed by atoms with E-state index in [0.717, 1.165) is 22.1 Å². The van der Waals surface area contributed by atoms with Crippen LogP contribution in [0.15, 0.2) is 95.1 Å². The second-order valence-corrected chi connectivity index (χ2v) is 14.3. The number of thiophene rings is 2. The number of para-hydroxylation sites is 2. The van der Waals surface area contributed by atoms with Crippen LogP contribution in [0.5, 0.6) is 0 Å². The van der Waals surface area contributed by atoms with Crippen LogP contribution < -0.4 is 21.6 Å². The highest BCUT2D eigenvalue weighted by Gasteiger charge is 2.18. The van der Waals surface area contributed by atoms with E-state index in [1.54, 1.807) is 0 Å². The summed E-state index contributed by atoms with van der Waals surface area (Å²) in [6.07, 6.45) is 0. The van der Waals surface area contributed by atoms with Crippen LogP contribution in [0.4, 0.5) is 11.4 Å². The summed E-state index contributed by atoms with van der Waals surface area (Å²) in [5, 5.41) is 18.9. The SMILES string of the molecule is Ic1cc2c(=NNc3ccccc3)c3cc4c(cc3c2s1)c(=NNc1ccccc1)c1cc(I)sc14. The minimum absolute atomic E-state index is 0.975. The highest BCUT2D eigenvalue weighted by molar-refractivity contribution is 14.1. The van der Waals surface area contributed by atoms with E-state index >= 15 is 0 Å². The summed E-state index contributed by atoms with van der Waals surface area (Å²) in [5.74, 6) is 0. The van der Waals surface area contributed by atoms with Gasteiger partial charge in [-0.15, -0.1) is 22.7 Å². The van der Waals surface area contributed by atoms with Gasteiger partial charge in [-0.1, -0.05) is 36.4 Å². The Kier molecular flexibility index (Phi) is 5.72. The van der Waals surface area contributed by atoms with E-state index in [0.29, 0.717) is 0 Å². The maximum absolute atomic E-state index is 4.90. The van der Waals surface area contributed by atoms with E-state index in [1.165, 1.54) is 47.5 Å². The summed E-state index contributed by atoms with van der Waals surface area (Å²) in [6, 6.07) is 29.3. The molecular weight excluding hydrogens is 710 g/mol. The van der Waals surface area contributed by atoms with E-state index in [2.05, 4.69) is 80.3 Å². The zero-order valence-electron chi connectivity index (χ0n) is 18.5. The summed E-state index contributed by atoms with van der Waals surface area (Å²) in [5.41, 5.74) is 8.50. The average Bonchev–Trinajstić information content (AvgIpc) is 3.60. The number of fused-ring (bicyclic) bond motifs is 6. The predicted octanol–water partition coefficient (Wildman–Crippen LogP) is 8.36. The van der Waals surface area contributed by atoms with Gasteiger partial charge in [0.25, 0.3) is 0 Å². The number of nitrogens with zero attached hydrogens (tertiary/aromatic N) is 2. The van der Waals surface area contributed by atoms with Gasteiger partial charge in [0.2, 0.25) is 0 Å². The lowest BCUT2D eigenvalue weighted by atomic mass is 10.1. The summed E-state index contributed by atoms with van der Waals surface area (Å²) in [4.78, 5) is 0. The molecule has 36 heavy (non-hydrogen) atoms. The second kappa shape index (κ2) is 9.09. The number of hydrogen-bond acceptors (Lipinski definition) is 6. The maximum atomic E-state index is 4.90. The molecule has 0 radical (unpaired) electrons. The van der Waals surface area contributed by atoms with Crippen molar-refractivity contribution >= 4 is 121 Å². The Balaban J connectivity index is 1.52. The normalized spacial score (nSPS) is 13.1. The van der Waals surface area contributed by atoms with Gasteiger partial charge in [0.15, 0.2) is 0 Å². The van der Waals surface area contributed by atoms with Crippen LogP contribution in [-0.4, -0.2) is 0 Å². The van der Waals surface area contributed by atoms with Gasteiger partial charge in [-0.3, -0.25) is 10.9 Å². The molecule has 4 nitrogen and oxygen atoms in total. The van der Waals surface area contributed by atoms with Gasteiger partial charge in [0.05, 0.1) is 27.9 Å². The molecule has 0 amide bonds.